The number of halogens is 1. The zero-order valence-electron chi connectivity index (χ0n) is 37.6. The lowest BCUT2D eigenvalue weighted by Crippen LogP contribution is -2.40. The third-order valence-corrected chi connectivity index (χ3v) is 8.12. The zero-order valence-corrected chi connectivity index (χ0v) is 38.4. The highest BCUT2D eigenvalue weighted by atomic mass is 35.5. The molecule has 3 rings (SSSR count). The van der Waals surface area contributed by atoms with Crippen molar-refractivity contribution >= 4 is 59.2 Å². The predicted molar refractivity (Wildman–Crippen MR) is 236 cm³/mol. The molecule has 0 saturated carbocycles. The van der Waals surface area contributed by atoms with Crippen LogP contribution in [0.15, 0.2) is 71.7 Å². The Morgan fingerprint density at radius 3 is 1.85 bits per heavy atom. The number of anilines is 1. The van der Waals surface area contributed by atoms with Crippen LogP contribution in [0.3, 0.4) is 0 Å². The van der Waals surface area contributed by atoms with E-state index in [1.165, 1.54) is 35.2 Å². The summed E-state index contributed by atoms with van der Waals surface area (Å²) in [4.78, 5) is 82.3. The van der Waals surface area contributed by atoms with E-state index in [0.29, 0.717) is 23.2 Å². The van der Waals surface area contributed by atoms with Crippen molar-refractivity contribution in [1.82, 2.24) is 10.2 Å². The molecule has 62 heavy (non-hydrogen) atoms. The van der Waals surface area contributed by atoms with Crippen molar-refractivity contribution in [3.05, 3.63) is 94.0 Å². The summed E-state index contributed by atoms with van der Waals surface area (Å²) in [5.74, 6) is -2.14. The number of carbonyl (C=O) groups is 6. The maximum atomic E-state index is 13.6. The molecule has 0 aliphatic heterocycles. The third-order valence-electron chi connectivity index (χ3n) is 7.77. The van der Waals surface area contributed by atoms with Gasteiger partial charge < -0.3 is 33.9 Å². The minimum atomic E-state index is -0.955. The van der Waals surface area contributed by atoms with Crippen LogP contribution in [0.4, 0.5) is 15.3 Å². The van der Waals surface area contributed by atoms with Gasteiger partial charge in [0.05, 0.1) is 11.1 Å². The van der Waals surface area contributed by atoms with E-state index >= 15 is 0 Å². The van der Waals surface area contributed by atoms with E-state index in [1.54, 1.807) is 113 Å². The number of carbonyl (C=O) groups excluding carboxylic acids is 6. The lowest BCUT2D eigenvalue weighted by atomic mass is 10.1. The Hall–Kier alpha value is -5.96. The molecular weight excluding hydrogens is 820 g/mol. The lowest BCUT2D eigenvalue weighted by molar-refractivity contribution is -0.158. The Labute approximate surface area is 368 Å². The van der Waals surface area contributed by atoms with Crippen molar-refractivity contribution in [2.24, 2.45) is 4.99 Å². The fourth-order valence-corrected chi connectivity index (χ4v) is 5.59. The number of rotatable bonds is 12. The van der Waals surface area contributed by atoms with Crippen molar-refractivity contribution in [1.29, 1.82) is 0 Å². The number of nitrogens with one attached hydrogen (secondary N) is 2. The van der Waals surface area contributed by atoms with Crippen molar-refractivity contribution in [2.75, 3.05) is 18.4 Å². The van der Waals surface area contributed by atoms with Gasteiger partial charge in [-0.05, 0) is 156 Å². The minimum Gasteiger partial charge on any atom is -0.459 e. The molecule has 0 unspecified atom stereocenters. The molecule has 3 amide bonds. The van der Waals surface area contributed by atoms with Gasteiger partial charge in [0.25, 0.3) is 0 Å². The predicted octanol–water partition coefficient (Wildman–Crippen LogP) is 9.09. The van der Waals surface area contributed by atoms with Crippen LogP contribution in [-0.2, 0) is 41.4 Å². The molecule has 0 spiro atoms. The highest BCUT2D eigenvalue weighted by Crippen LogP contribution is 2.25. The van der Waals surface area contributed by atoms with Crippen LogP contribution >= 0.6 is 11.6 Å². The van der Waals surface area contributed by atoms with Gasteiger partial charge in [0, 0.05) is 23.7 Å². The first-order valence-electron chi connectivity index (χ1n) is 20.1. The summed E-state index contributed by atoms with van der Waals surface area (Å²) in [6.45, 7) is 20.6. The standard InChI is InChI=1S/C46H59ClN4O11/c1-43(2,3)59-37(53)28-51(25-24-29-14-13-15-32(26-29)39(55)60-44(4,5)6)36(52)23-19-30-18-22-34(27-35(30)47)58-38(54)31-16-20-33(21-17-31)48-40(49-41(56)61-45(7,8)9)50-42(57)62-46(10,11)12/h13-18,20-22,26-27H,19,23-25,28H2,1-12H3,(H2,48,49,50,56,57). The van der Waals surface area contributed by atoms with E-state index in [1.807, 2.05) is 6.07 Å². The molecule has 2 N–H and O–H groups in total. The Balaban J connectivity index is 1.67. The van der Waals surface area contributed by atoms with Crippen LogP contribution in [0.25, 0.3) is 0 Å². The number of aryl methyl sites for hydroxylation is 1. The molecule has 16 heteroatoms. The summed E-state index contributed by atoms with van der Waals surface area (Å²) in [7, 11) is 0. The molecule has 0 aliphatic carbocycles. The van der Waals surface area contributed by atoms with E-state index < -0.39 is 52.5 Å². The van der Waals surface area contributed by atoms with Gasteiger partial charge >= 0.3 is 30.1 Å². The van der Waals surface area contributed by atoms with Gasteiger partial charge in [0.1, 0.15) is 34.7 Å². The number of nitrogens with zero attached hydrogens (tertiary/aromatic N) is 2. The molecule has 0 heterocycles. The molecule has 15 nitrogen and oxygen atoms in total. The smallest absolute Gasteiger partial charge is 0.437 e. The van der Waals surface area contributed by atoms with Crippen molar-refractivity contribution in [3.8, 4) is 5.75 Å². The number of guanidine groups is 1. The van der Waals surface area contributed by atoms with Crippen LogP contribution in [-0.4, -0.2) is 82.4 Å². The summed E-state index contributed by atoms with van der Waals surface area (Å²) < 4.78 is 27.1. The Morgan fingerprint density at radius 1 is 0.661 bits per heavy atom. The van der Waals surface area contributed by atoms with E-state index in [9.17, 15) is 28.8 Å². The number of aliphatic imine (C=N–C) groups is 1. The fraction of sp³-hybridized carbons (Fsp3) is 0.457. The number of esters is 3. The largest absolute Gasteiger partial charge is 0.459 e. The number of amides is 3. The van der Waals surface area contributed by atoms with Crippen LogP contribution in [0.1, 0.15) is 121 Å². The Bertz CT molecular complexity index is 2120. The maximum absolute atomic E-state index is 13.6. The van der Waals surface area contributed by atoms with E-state index in [2.05, 4.69) is 15.6 Å². The summed E-state index contributed by atoms with van der Waals surface area (Å²) in [6.07, 6.45) is -1.22. The van der Waals surface area contributed by atoms with Gasteiger partial charge in [0.15, 0.2) is 0 Å². The maximum Gasteiger partial charge on any atom is 0.437 e. The lowest BCUT2D eigenvalue weighted by Gasteiger charge is -2.25. The molecule has 0 aliphatic rings. The number of alkyl carbamates (subject to hydrolysis) is 1. The molecule has 0 bridgehead atoms. The third kappa shape index (κ3) is 19.2. The second kappa shape index (κ2) is 21.2. The van der Waals surface area contributed by atoms with Crippen molar-refractivity contribution < 1.29 is 52.5 Å². The molecule has 0 saturated heterocycles. The highest BCUT2D eigenvalue weighted by molar-refractivity contribution is 6.31. The first-order valence-corrected chi connectivity index (χ1v) is 20.4. The summed E-state index contributed by atoms with van der Waals surface area (Å²) in [5.41, 5.74) is -0.757. The topological polar surface area (TPSA) is 188 Å². The number of ether oxygens (including phenoxy) is 5. The average molecular weight is 879 g/mol. The van der Waals surface area contributed by atoms with Crippen molar-refractivity contribution in [2.45, 2.75) is 125 Å². The highest BCUT2D eigenvalue weighted by Gasteiger charge is 2.24. The summed E-state index contributed by atoms with van der Waals surface area (Å²) in [5, 5.41) is 5.47. The van der Waals surface area contributed by atoms with Crippen LogP contribution in [0, 0.1) is 0 Å². The second-order valence-electron chi connectivity index (χ2n) is 18.3. The van der Waals surface area contributed by atoms with Crippen molar-refractivity contribution in [3.63, 3.8) is 0 Å². The Morgan fingerprint density at radius 2 is 1.27 bits per heavy atom. The molecule has 336 valence electrons. The molecule has 3 aromatic rings. The van der Waals surface area contributed by atoms with Gasteiger partial charge in [-0.2, -0.15) is 0 Å². The second-order valence-corrected chi connectivity index (χ2v) is 18.7. The quantitative estimate of drug-likeness (QED) is 0.0578. The summed E-state index contributed by atoms with van der Waals surface area (Å²) in [6, 6.07) is 17.6. The summed E-state index contributed by atoms with van der Waals surface area (Å²) >= 11 is 6.59. The van der Waals surface area contributed by atoms with Gasteiger partial charge in [-0.1, -0.05) is 29.8 Å². The molecule has 0 aromatic heterocycles. The number of hydrogen-bond acceptors (Lipinski definition) is 11. The van der Waals surface area contributed by atoms with Gasteiger partial charge in [-0.15, -0.1) is 4.99 Å². The van der Waals surface area contributed by atoms with E-state index in [0.717, 1.165) is 5.56 Å². The minimum absolute atomic E-state index is 0.0114. The molecule has 0 atom stereocenters. The van der Waals surface area contributed by atoms with E-state index in [-0.39, 0.29) is 54.1 Å². The average Bonchev–Trinajstić information content (AvgIpc) is 3.10. The number of hydrogen-bond donors (Lipinski definition) is 2. The van der Waals surface area contributed by atoms with Gasteiger partial charge in [0.2, 0.25) is 11.9 Å². The van der Waals surface area contributed by atoms with Gasteiger partial charge in [-0.25, -0.2) is 19.2 Å². The van der Waals surface area contributed by atoms with Crippen LogP contribution in [0.2, 0.25) is 5.02 Å². The molecular formula is C46H59ClN4O11. The molecule has 0 fully saturated rings. The molecule has 0 radical (unpaired) electrons. The normalized spacial score (nSPS) is 12.1. The molecule has 3 aromatic carbocycles. The first kappa shape index (κ1) is 50.4. The monoisotopic (exact) mass is 878 g/mol. The zero-order chi connectivity index (χ0) is 46.6. The van der Waals surface area contributed by atoms with Crippen LogP contribution < -0.4 is 15.4 Å². The van der Waals surface area contributed by atoms with Gasteiger partial charge in [-0.3, -0.25) is 14.9 Å². The first-order chi connectivity index (χ1) is 28.5. The Kier molecular flexibility index (Phi) is 17.2. The van der Waals surface area contributed by atoms with Crippen LogP contribution in [0.5, 0.6) is 5.75 Å². The SMILES string of the molecule is CC(C)(C)OC(=O)CN(CCc1cccc(C(=O)OC(C)(C)C)c1)C(=O)CCc1ccc(OC(=O)c2ccc(N/C(=N\C(=O)OC(C)(C)C)NC(=O)OC(C)(C)C)cc2)cc1Cl. The fourth-order valence-electron chi connectivity index (χ4n) is 5.33. The number of benzene rings is 3. The van der Waals surface area contributed by atoms with E-state index in [4.69, 9.17) is 35.3 Å².